The zero-order chi connectivity index (χ0) is 12.7. The fourth-order valence-electron chi connectivity index (χ4n) is 1.03. The van der Waals surface area contributed by atoms with Crippen LogP contribution in [0.4, 0.5) is 10.5 Å². The molecule has 1 N–H and O–H groups in total. The number of carboxylic acids is 1. The van der Waals surface area contributed by atoms with Gasteiger partial charge in [-0.3, -0.25) is 9.59 Å². The van der Waals surface area contributed by atoms with E-state index in [4.69, 9.17) is 5.11 Å². The van der Waals surface area contributed by atoms with Gasteiger partial charge in [-0.05, 0) is 12.1 Å². The maximum absolute atomic E-state index is 11.7. The van der Waals surface area contributed by atoms with E-state index in [0.717, 1.165) is 16.5 Å². The Morgan fingerprint density at radius 3 is 2.53 bits per heavy atom. The minimum atomic E-state index is -0.845. The van der Waals surface area contributed by atoms with E-state index in [9.17, 15) is 9.59 Å². The molecule has 0 spiro atoms. The van der Waals surface area contributed by atoms with Crippen molar-refractivity contribution >= 4 is 38.5 Å². The third kappa shape index (κ3) is 5.14. The molecule has 0 aliphatic carbocycles. The average Bonchev–Trinajstić information content (AvgIpc) is 2.34. The number of hydrogen-bond acceptors (Lipinski definition) is 4. The summed E-state index contributed by atoms with van der Waals surface area (Å²) < 4.78 is 0. The van der Waals surface area contributed by atoms with Gasteiger partial charge in [0.15, 0.2) is 0 Å². The molecule has 4 nitrogen and oxygen atoms in total. The van der Waals surface area contributed by atoms with Crippen LogP contribution in [0.25, 0.3) is 0 Å². The molecule has 0 aliphatic rings. The summed E-state index contributed by atoms with van der Waals surface area (Å²) in [6.07, 6.45) is 0.0694. The monoisotopic (exact) mass is 271 g/mol. The lowest BCUT2D eigenvalue weighted by molar-refractivity contribution is -0.136. The van der Waals surface area contributed by atoms with E-state index in [1.807, 2.05) is 30.3 Å². The van der Waals surface area contributed by atoms with Gasteiger partial charge >= 0.3 is 5.97 Å². The van der Waals surface area contributed by atoms with Gasteiger partial charge in [0.2, 0.25) is 0 Å². The van der Waals surface area contributed by atoms with E-state index >= 15 is 0 Å². The van der Waals surface area contributed by atoms with E-state index in [1.54, 1.807) is 11.9 Å². The molecule has 0 heterocycles. The summed E-state index contributed by atoms with van der Waals surface area (Å²) in [7, 11) is 4.02. The average molecular weight is 271 g/mol. The lowest BCUT2D eigenvalue weighted by Gasteiger charge is -2.15. The number of amides is 1. The molecule has 6 heteroatoms. The predicted octanol–water partition coefficient (Wildman–Crippen LogP) is 3.10. The van der Waals surface area contributed by atoms with Crippen LogP contribution in [0.5, 0.6) is 0 Å². The minimum absolute atomic E-state index is 0.0694. The molecule has 0 radical (unpaired) electrons. The van der Waals surface area contributed by atoms with Gasteiger partial charge in [0.05, 0.1) is 6.42 Å². The summed E-state index contributed by atoms with van der Waals surface area (Å²) in [5.41, 5.74) is 0.823. The van der Waals surface area contributed by atoms with Crippen LogP contribution >= 0.6 is 21.6 Å². The quantitative estimate of drug-likeness (QED) is 0.658. The van der Waals surface area contributed by atoms with Gasteiger partial charge < -0.3 is 10.0 Å². The molecule has 17 heavy (non-hydrogen) atoms. The number of carbonyl (C=O) groups is 2. The molecule has 0 unspecified atom stereocenters. The molecule has 0 aromatic heterocycles. The molecule has 0 atom stereocenters. The van der Waals surface area contributed by atoms with Crippen molar-refractivity contribution in [3.8, 4) is 0 Å². The number of benzene rings is 1. The predicted molar refractivity (Wildman–Crippen MR) is 72.5 cm³/mol. The van der Waals surface area contributed by atoms with Crippen molar-refractivity contribution in [1.82, 2.24) is 0 Å². The number of nitrogens with zero attached hydrogens (tertiary/aromatic N) is 1. The van der Waals surface area contributed by atoms with Crippen molar-refractivity contribution in [3.63, 3.8) is 0 Å². The van der Waals surface area contributed by atoms with Crippen LogP contribution < -0.4 is 4.90 Å². The van der Waals surface area contributed by atoms with Gasteiger partial charge in [-0.2, -0.15) is 0 Å². The zero-order valence-electron chi connectivity index (χ0n) is 9.33. The van der Waals surface area contributed by atoms with E-state index in [-0.39, 0.29) is 11.7 Å². The van der Waals surface area contributed by atoms with Crippen LogP contribution in [0.2, 0.25) is 0 Å². The second kappa shape index (κ2) is 7.24. The van der Waals surface area contributed by atoms with E-state index in [1.165, 1.54) is 10.8 Å². The summed E-state index contributed by atoms with van der Waals surface area (Å²) in [6, 6.07) is 9.31. The Labute approximate surface area is 108 Å². The Kier molecular flexibility index (Phi) is 5.93. The first-order valence-electron chi connectivity index (χ1n) is 4.95. The van der Waals surface area contributed by atoms with Crippen molar-refractivity contribution in [2.24, 2.45) is 0 Å². The highest BCUT2D eigenvalue weighted by molar-refractivity contribution is 8.82. The first-order chi connectivity index (χ1) is 8.11. The molecule has 0 saturated heterocycles. The number of carboxylic acid groups (broad SMARTS) is 1. The molecule has 0 bridgehead atoms. The molecular formula is C11H13NO3S2. The van der Waals surface area contributed by atoms with Gasteiger partial charge in [0.25, 0.3) is 5.24 Å². The number of para-hydroxylation sites is 1. The van der Waals surface area contributed by atoms with Gasteiger partial charge in [-0.25, -0.2) is 0 Å². The van der Waals surface area contributed by atoms with Crippen molar-refractivity contribution in [2.45, 2.75) is 6.42 Å². The molecule has 1 aromatic rings. The zero-order valence-corrected chi connectivity index (χ0v) is 11.0. The molecule has 1 amide bonds. The maximum atomic E-state index is 11.7. The standard InChI is InChI=1S/C11H13NO3S2/c1-12(9-5-3-2-4-6-9)11(15)17-16-8-7-10(13)14/h2-6H,7-8H2,1H3,(H,13,14). The molecule has 0 aliphatic heterocycles. The Hall–Kier alpha value is -1.14. The van der Waals surface area contributed by atoms with Gasteiger partial charge in [0.1, 0.15) is 0 Å². The Morgan fingerprint density at radius 1 is 1.29 bits per heavy atom. The van der Waals surface area contributed by atoms with Crippen molar-refractivity contribution < 1.29 is 14.7 Å². The summed E-state index contributed by atoms with van der Waals surface area (Å²) in [4.78, 5) is 23.5. The van der Waals surface area contributed by atoms with Gasteiger partial charge in [0, 0.05) is 29.3 Å². The summed E-state index contributed by atoms with van der Waals surface area (Å²) >= 11 is 0. The SMILES string of the molecule is CN(C(=O)SSCCC(=O)O)c1ccccc1. The highest BCUT2D eigenvalue weighted by Gasteiger charge is 2.11. The molecule has 1 rings (SSSR count). The molecule has 92 valence electrons. The van der Waals surface area contributed by atoms with E-state index < -0.39 is 5.97 Å². The molecule has 0 saturated carbocycles. The van der Waals surface area contributed by atoms with Crippen LogP contribution in [0.1, 0.15) is 6.42 Å². The number of anilines is 1. The molecule has 0 fully saturated rings. The normalized spacial score (nSPS) is 9.94. The van der Waals surface area contributed by atoms with E-state index in [0.29, 0.717) is 5.75 Å². The topological polar surface area (TPSA) is 57.6 Å². The maximum Gasteiger partial charge on any atom is 0.304 e. The lowest BCUT2D eigenvalue weighted by atomic mass is 10.3. The molecular weight excluding hydrogens is 258 g/mol. The van der Waals surface area contributed by atoms with Crippen LogP contribution in [-0.4, -0.2) is 29.1 Å². The van der Waals surface area contributed by atoms with Crippen molar-refractivity contribution in [1.29, 1.82) is 0 Å². The lowest BCUT2D eigenvalue weighted by Crippen LogP contribution is -2.20. The van der Waals surface area contributed by atoms with Crippen molar-refractivity contribution in [2.75, 3.05) is 17.7 Å². The Balaban J connectivity index is 2.35. The largest absolute Gasteiger partial charge is 0.481 e. The Bertz CT molecular complexity index is 384. The summed E-state index contributed by atoms with van der Waals surface area (Å²) in [5, 5.41) is 8.34. The van der Waals surface area contributed by atoms with Crippen LogP contribution in [0.3, 0.4) is 0 Å². The number of rotatable bonds is 5. The summed E-state index contributed by atoms with van der Waals surface area (Å²) in [6.45, 7) is 0. The highest BCUT2D eigenvalue weighted by Crippen LogP contribution is 2.27. The van der Waals surface area contributed by atoms with Crippen molar-refractivity contribution in [3.05, 3.63) is 30.3 Å². The fraction of sp³-hybridized carbons (Fsp3) is 0.273. The second-order valence-corrected chi connectivity index (χ2v) is 5.58. The molecule has 1 aromatic carbocycles. The Morgan fingerprint density at radius 2 is 1.94 bits per heavy atom. The summed E-state index contributed by atoms with van der Waals surface area (Å²) in [5.74, 6) is -0.420. The van der Waals surface area contributed by atoms with Crippen LogP contribution in [0, 0.1) is 0 Å². The number of carbonyl (C=O) groups excluding carboxylic acids is 1. The van der Waals surface area contributed by atoms with Gasteiger partial charge in [-0.15, -0.1) is 0 Å². The minimum Gasteiger partial charge on any atom is -0.481 e. The first kappa shape index (κ1) is 13.9. The smallest absolute Gasteiger partial charge is 0.304 e. The second-order valence-electron chi connectivity index (χ2n) is 3.21. The highest BCUT2D eigenvalue weighted by atomic mass is 33.1. The van der Waals surface area contributed by atoms with Crippen LogP contribution in [-0.2, 0) is 4.79 Å². The van der Waals surface area contributed by atoms with Crippen LogP contribution in [0.15, 0.2) is 30.3 Å². The number of aliphatic carboxylic acids is 1. The first-order valence-corrected chi connectivity index (χ1v) is 7.27. The fourth-order valence-corrected chi connectivity index (χ4v) is 2.83. The van der Waals surface area contributed by atoms with E-state index in [2.05, 4.69) is 0 Å². The third-order valence-corrected chi connectivity index (χ3v) is 4.13. The third-order valence-electron chi connectivity index (χ3n) is 1.95. The van der Waals surface area contributed by atoms with Gasteiger partial charge in [-0.1, -0.05) is 29.0 Å². The number of hydrogen-bond donors (Lipinski definition) is 1.